The molecule has 0 saturated carbocycles. The largest absolute Gasteiger partial charge is 0.497 e. The highest BCUT2D eigenvalue weighted by atomic mass is 79.9. The highest BCUT2D eigenvalue weighted by Gasteiger charge is 2.16. The zero-order valence-electron chi connectivity index (χ0n) is 10.8. The molecular formula is C14H19BrO2. The number of methoxy groups -OCH3 is 1. The second-order valence-corrected chi connectivity index (χ2v) is 6.18. The summed E-state index contributed by atoms with van der Waals surface area (Å²) in [5.41, 5.74) is 0.884. The molecule has 1 aromatic carbocycles. The monoisotopic (exact) mass is 298 g/mol. The molecule has 0 aromatic heterocycles. The van der Waals surface area contributed by atoms with Gasteiger partial charge in [0.2, 0.25) is 0 Å². The molecule has 0 fully saturated rings. The molecule has 0 bridgehead atoms. The van der Waals surface area contributed by atoms with Crippen LogP contribution >= 0.6 is 15.9 Å². The first-order valence-corrected chi connectivity index (χ1v) is 6.49. The van der Waals surface area contributed by atoms with E-state index in [0.717, 1.165) is 10.9 Å². The number of carbonyl (C=O) groups is 1. The van der Waals surface area contributed by atoms with E-state index in [1.807, 2.05) is 12.1 Å². The SMILES string of the molecule is COc1ccc(Br)c(C(=O)CCC(C)(C)C)c1. The summed E-state index contributed by atoms with van der Waals surface area (Å²) in [6.45, 7) is 6.42. The average molecular weight is 299 g/mol. The number of ketones is 1. The van der Waals surface area contributed by atoms with E-state index in [2.05, 4.69) is 36.7 Å². The molecule has 0 N–H and O–H groups in total. The molecule has 0 aliphatic carbocycles. The molecule has 2 nitrogen and oxygen atoms in total. The maximum absolute atomic E-state index is 12.1. The third-order valence-electron chi connectivity index (χ3n) is 2.58. The minimum absolute atomic E-state index is 0.158. The van der Waals surface area contributed by atoms with E-state index < -0.39 is 0 Å². The van der Waals surface area contributed by atoms with Crippen LogP contribution in [0.5, 0.6) is 5.75 Å². The maximum Gasteiger partial charge on any atom is 0.164 e. The van der Waals surface area contributed by atoms with E-state index in [-0.39, 0.29) is 11.2 Å². The van der Waals surface area contributed by atoms with E-state index >= 15 is 0 Å². The number of Topliss-reactive ketones (excluding diaryl/α,β-unsaturated/α-hetero) is 1. The number of benzene rings is 1. The Morgan fingerprint density at radius 2 is 2.00 bits per heavy atom. The fraction of sp³-hybridized carbons (Fsp3) is 0.500. The van der Waals surface area contributed by atoms with Crippen LogP contribution in [-0.2, 0) is 0 Å². The summed E-state index contributed by atoms with van der Waals surface area (Å²) in [5, 5.41) is 0. The average Bonchev–Trinajstić information content (AvgIpc) is 2.25. The molecule has 1 rings (SSSR count). The van der Waals surface area contributed by atoms with Crippen molar-refractivity contribution in [2.75, 3.05) is 7.11 Å². The van der Waals surface area contributed by atoms with Gasteiger partial charge in [0, 0.05) is 16.5 Å². The van der Waals surface area contributed by atoms with Gasteiger partial charge in [0.15, 0.2) is 5.78 Å². The van der Waals surface area contributed by atoms with E-state index in [9.17, 15) is 4.79 Å². The molecule has 0 radical (unpaired) electrons. The van der Waals surface area contributed by atoms with Gasteiger partial charge in [-0.3, -0.25) is 4.79 Å². The Bertz CT molecular complexity index is 405. The van der Waals surface area contributed by atoms with Gasteiger partial charge in [-0.1, -0.05) is 36.7 Å². The predicted molar refractivity (Wildman–Crippen MR) is 73.7 cm³/mol. The maximum atomic E-state index is 12.1. The molecule has 0 unspecified atom stereocenters. The van der Waals surface area contributed by atoms with Gasteiger partial charge >= 0.3 is 0 Å². The molecule has 0 aliphatic rings. The molecule has 0 amide bonds. The van der Waals surface area contributed by atoms with Crippen LogP contribution in [0.1, 0.15) is 44.0 Å². The summed E-state index contributed by atoms with van der Waals surface area (Å²) in [4.78, 5) is 12.1. The molecular weight excluding hydrogens is 280 g/mol. The summed E-state index contributed by atoms with van der Waals surface area (Å²) < 4.78 is 5.96. The van der Waals surface area contributed by atoms with Crippen molar-refractivity contribution in [1.82, 2.24) is 0 Å². The lowest BCUT2D eigenvalue weighted by Crippen LogP contribution is -2.09. The fourth-order valence-electron chi connectivity index (χ4n) is 1.47. The number of hydrogen-bond donors (Lipinski definition) is 0. The van der Waals surface area contributed by atoms with E-state index in [0.29, 0.717) is 17.7 Å². The number of rotatable bonds is 4. The van der Waals surface area contributed by atoms with E-state index in [1.54, 1.807) is 13.2 Å². The first-order valence-electron chi connectivity index (χ1n) is 5.70. The topological polar surface area (TPSA) is 26.3 Å². The van der Waals surface area contributed by atoms with Crippen molar-refractivity contribution < 1.29 is 9.53 Å². The number of ether oxygens (including phenoxy) is 1. The van der Waals surface area contributed by atoms with Crippen molar-refractivity contribution in [1.29, 1.82) is 0 Å². The highest BCUT2D eigenvalue weighted by molar-refractivity contribution is 9.10. The second-order valence-electron chi connectivity index (χ2n) is 5.33. The molecule has 3 heteroatoms. The van der Waals surface area contributed by atoms with Crippen LogP contribution in [0.4, 0.5) is 0 Å². The Morgan fingerprint density at radius 3 is 2.53 bits per heavy atom. The summed E-state index contributed by atoms with van der Waals surface area (Å²) in [6.07, 6.45) is 1.45. The molecule has 0 spiro atoms. The van der Waals surface area contributed by atoms with E-state index in [1.165, 1.54) is 0 Å². The molecule has 1 aromatic rings. The minimum Gasteiger partial charge on any atom is -0.497 e. The lowest BCUT2D eigenvalue weighted by molar-refractivity contribution is 0.0965. The van der Waals surface area contributed by atoms with Gasteiger partial charge in [0.05, 0.1) is 7.11 Å². The molecule has 17 heavy (non-hydrogen) atoms. The van der Waals surface area contributed by atoms with Crippen LogP contribution in [0.15, 0.2) is 22.7 Å². The molecule has 0 atom stereocenters. The number of carbonyl (C=O) groups excluding carboxylic acids is 1. The quantitative estimate of drug-likeness (QED) is 0.767. The van der Waals surface area contributed by atoms with Crippen LogP contribution in [0.2, 0.25) is 0 Å². The van der Waals surface area contributed by atoms with Crippen molar-refractivity contribution >= 4 is 21.7 Å². The fourth-order valence-corrected chi connectivity index (χ4v) is 1.94. The lowest BCUT2D eigenvalue weighted by Gasteiger charge is -2.17. The third-order valence-corrected chi connectivity index (χ3v) is 3.27. The van der Waals surface area contributed by atoms with Crippen molar-refractivity contribution in [3.05, 3.63) is 28.2 Å². The van der Waals surface area contributed by atoms with Crippen molar-refractivity contribution in [3.63, 3.8) is 0 Å². The Morgan fingerprint density at radius 1 is 1.35 bits per heavy atom. The van der Waals surface area contributed by atoms with Crippen molar-refractivity contribution in [3.8, 4) is 5.75 Å². The predicted octanol–water partition coefficient (Wildman–Crippen LogP) is 4.47. The van der Waals surface area contributed by atoms with Gasteiger partial charge < -0.3 is 4.74 Å². The summed E-state index contributed by atoms with van der Waals surface area (Å²) in [7, 11) is 1.60. The van der Waals surface area contributed by atoms with E-state index in [4.69, 9.17) is 4.74 Å². The Kier molecular flexibility index (Phi) is 4.75. The van der Waals surface area contributed by atoms with Gasteiger partial charge in [0.25, 0.3) is 0 Å². The zero-order valence-corrected chi connectivity index (χ0v) is 12.4. The summed E-state index contributed by atoms with van der Waals surface area (Å²) >= 11 is 3.40. The summed E-state index contributed by atoms with van der Waals surface area (Å²) in [6, 6.07) is 5.48. The van der Waals surface area contributed by atoms with Crippen LogP contribution in [0.3, 0.4) is 0 Å². The summed E-state index contributed by atoms with van der Waals surface area (Å²) in [5.74, 6) is 0.873. The second kappa shape index (κ2) is 5.67. The Hall–Kier alpha value is -0.830. The Balaban J connectivity index is 2.81. The van der Waals surface area contributed by atoms with Gasteiger partial charge in [-0.2, -0.15) is 0 Å². The van der Waals surface area contributed by atoms with Gasteiger partial charge in [-0.15, -0.1) is 0 Å². The van der Waals surface area contributed by atoms with Crippen LogP contribution in [0, 0.1) is 5.41 Å². The standard InChI is InChI=1S/C14H19BrO2/c1-14(2,3)8-7-13(16)11-9-10(17-4)5-6-12(11)15/h5-6,9H,7-8H2,1-4H3. The first-order chi connectivity index (χ1) is 7.83. The van der Waals surface area contributed by atoms with Crippen LogP contribution in [-0.4, -0.2) is 12.9 Å². The smallest absolute Gasteiger partial charge is 0.164 e. The van der Waals surface area contributed by atoms with Crippen LogP contribution in [0.25, 0.3) is 0 Å². The molecule has 0 saturated heterocycles. The zero-order chi connectivity index (χ0) is 13.1. The molecule has 94 valence electrons. The molecule has 0 aliphatic heterocycles. The molecule has 0 heterocycles. The normalized spacial score (nSPS) is 11.4. The van der Waals surface area contributed by atoms with Gasteiger partial charge in [0.1, 0.15) is 5.75 Å². The highest BCUT2D eigenvalue weighted by Crippen LogP contribution is 2.27. The third kappa shape index (κ3) is 4.50. The van der Waals surface area contributed by atoms with Crippen molar-refractivity contribution in [2.45, 2.75) is 33.6 Å². The Labute approximate surface area is 111 Å². The first kappa shape index (κ1) is 14.2. The minimum atomic E-state index is 0.158. The lowest BCUT2D eigenvalue weighted by atomic mass is 9.88. The van der Waals surface area contributed by atoms with Crippen molar-refractivity contribution in [2.24, 2.45) is 5.41 Å². The van der Waals surface area contributed by atoms with Gasteiger partial charge in [-0.05, 0) is 30.0 Å². The van der Waals surface area contributed by atoms with Crippen LogP contribution < -0.4 is 4.74 Å². The number of halogens is 1. The number of hydrogen-bond acceptors (Lipinski definition) is 2. The van der Waals surface area contributed by atoms with Gasteiger partial charge in [-0.25, -0.2) is 0 Å².